The van der Waals surface area contributed by atoms with Crippen molar-refractivity contribution in [2.75, 3.05) is 27.4 Å². The van der Waals surface area contributed by atoms with Crippen LogP contribution in [0.2, 0.25) is 0 Å². The molecule has 0 bridgehead atoms. The number of hydrogen-bond donors (Lipinski definition) is 2. The number of ether oxygens (including phenoxy) is 3. The van der Waals surface area contributed by atoms with Gasteiger partial charge in [-0.1, -0.05) is 45.6 Å². The highest BCUT2D eigenvalue weighted by Crippen LogP contribution is 2.32. The summed E-state index contributed by atoms with van der Waals surface area (Å²) in [4.78, 5) is 21.0. The maximum atomic E-state index is 13.4. The van der Waals surface area contributed by atoms with E-state index in [0.717, 1.165) is 43.5 Å². The van der Waals surface area contributed by atoms with E-state index in [9.17, 15) is 13.2 Å². The van der Waals surface area contributed by atoms with E-state index in [2.05, 4.69) is 23.6 Å². The van der Waals surface area contributed by atoms with Gasteiger partial charge in [0.05, 0.1) is 37.0 Å². The van der Waals surface area contributed by atoms with Crippen LogP contribution in [0, 0.1) is 6.92 Å². The molecule has 1 unspecified atom stereocenters. The molecule has 12 heteroatoms. The lowest BCUT2D eigenvalue weighted by atomic mass is 9.97. The van der Waals surface area contributed by atoms with E-state index >= 15 is 0 Å². The predicted molar refractivity (Wildman–Crippen MR) is 175 cm³/mol. The minimum atomic E-state index is -3.91. The zero-order chi connectivity index (χ0) is 32.6. The van der Waals surface area contributed by atoms with E-state index in [4.69, 9.17) is 24.3 Å². The molecular formula is C33H45N5O6S. The van der Waals surface area contributed by atoms with Crippen LogP contribution in [0.1, 0.15) is 82.3 Å². The molecule has 2 N–H and O–H groups in total. The second-order valence-electron chi connectivity index (χ2n) is 11.0. The molecule has 0 amide bonds. The number of nitrogens with one attached hydrogen (secondary N) is 2. The molecule has 0 fully saturated rings. The van der Waals surface area contributed by atoms with E-state index in [0.29, 0.717) is 47.1 Å². The normalized spacial score (nSPS) is 12.4. The minimum Gasteiger partial charge on any atom is -0.493 e. The maximum absolute atomic E-state index is 13.4. The quantitative estimate of drug-likeness (QED) is 0.139. The van der Waals surface area contributed by atoms with Gasteiger partial charge in [0.1, 0.15) is 11.6 Å². The van der Waals surface area contributed by atoms with Crippen molar-refractivity contribution in [1.29, 1.82) is 0 Å². The van der Waals surface area contributed by atoms with Gasteiger partial charge in [0.2, 0.25) is 10.0 Å². The molecule has 4 aromatic rings. The van der Waals surface area contributed by atoms with Crippen LogP contribution in [-0.4, -0.2) is 55.4 Å². The molecule has 0 saturated carbocycles. The van der Waals surface area contributed by atoms with Gasteiger partial charge < -0.3 is 19.2 Å². The first-order valence-corrected chi connectivity index (χ1v) is 17.1. The minimum absolute atomic E-state index is 0.0282. The highest BCUT2D eigenvalue weighted by Gasteiger charge is 2.23. The van der Waals surface area contributed by atoms with E-state index in [1.54, 1.807) is 30.9 Å². The number of nitrogens with zero attached hydrogens (tertiary/aromatic N) is 3. The fraction of sp³-hybridized carbons (Fsp3) is 0.485. The summed E-state index contributed by atoms with van der Waals surface area (Å²) in [5, 5.41) is 4.82. The van der Waals surface area contributed by atoms with Gasteiger partial charge in [0, 0.05) is 12.5 Å². The molecule has 0 aliphatic heterocycles. The number of benzene rings is 2. The third kappa shape index (κ3) is 7.85. The van der Waals surface area contributed by atoms with E-state index in [1.807, 2.05) is 26.0 Å². The van der Waals surface area contributed by atoms with Crippen molar-refractivity contribution in [3.05, 3.63) is 63.8 Å². The fourth-order valence-corrected chi connectivity index (χ4v) is 6.56. The number of methoxy groups -OCH3 is 2. The molecule has 0 spiro atoms. The van der Waals surface area contributed by atoms with Crippen molar-refractivity contribution < 1.29 is 22.6 Å². The molecule has 4 rings (SSSR count). The second-order valence-corrected chi connectivity index (χ2v) is 12.8. The first kappa shape index (κ1) is 34.0. The van der Waals surface area contributed by atoms with Crippen molar-refractivity contribution in [3.63, 3.8) is 0 Å². The number of unbranched alkanes of at least 4 members (excludes halogenated alkanes) is 3. The first-order chi connectivity index (χ1) is 21.7. The average molecular weight is 640 g/mol. The molecular weight excluding hydrogens is 594 g/mol. The Hall–Kier alpha value is -3.90. The molecule has 2 heterocycles. The highest BCUT2D eigenvalue weighted by molar-refractivity contribution is 7.89. The molecule has 11 nitrogen and oxygen atoms in total. The van der Waals surface area contributed by atoms with Gasteiger partial charge in [0.15, 0.2) is 22.8 Å². The van der Waals surface area contributed by atoms with Crippen LogP contribution < -0.4 is 24.5 Å². The van der Waals surface area contributed by atoms with Crippen LogP contribution >= 0.6 is 0 Å². The van der Waals surface area contributed by atoms with Gasteiger partial charge in [-0.3, -0.25) is 4.79 Å². The summed E-state index contributed by atoms with van der Waals surface area (Å²) in [6.45, 7) is 8.47. The van der Waals surface area contributed by atoms with E-state index in [-0.39, 0.29) is 28.7 Å². The van der Waals surface area contributed by atoms with Crippen molar-refractivity contribution >= 4 is 15.5 Å². The summed E-state index contributed by atoms with van der Waals surface area (Å²) >= 11 is 0. The number of imidazole rings is 1. The van der Waals surface area contributed by atoms with Crippen molar-refractivity contribution in [2.24, 2.45) is 0 Å². The Morgan fingerprint density at radius 3 is 2.42 bits per heavy atom. The number of aromatic amines is 1. The van der Waals surface area contributed by atoms with Gasteiger partial charge in [-0.05, 0) is 69.0 Å². The lowest BCUT2D eigenvalue weighted by molar-refractivity contribution is 0.341. The number of fused-ring (bicyclic) bond motifs is 1. The molecule has 2 aromatic carbocycles. The molecule has 0 aliphatic carbocycles. The molecule has 0 radical (unpaired) electrons. The summed E-state index contributed by atoms with van der Waals surface area (Å²) < 4.78 is 47.6. The van der Waals surface area contributed by atoms with Gasteiger partial charge in [-0.15, -0.1) is 5.10 Å². The fourth-order valence-electron chi connectivity index (χ4n) is 5.50. The Bertz CT molecular complexity index is 1770. The molecule has 0 saturated heterocycles. The van der Waals surface area contributed by atoms with Crippen molar-refractivity contribution in [3.8, 4) is 28.6 Å². The topological polar surface area (TPSA) is 137 Å². The lowest BCUT2D eigenvalue weighted by Gasteiger charge is -2.15. The Labute approximate surface area is 265 Å². The van der Waals surface area contributed by atoms with Crippen molar-refractivity contribution in [2.45, 2.75) is 83.5 Å². The summed E-state index contributed by atoms with van der Waals surface area (Å²) in [5.74, 6) is 2.67. The molecule has 1 atom stereocenters. The number of aromatic nitrogens is 4. The van der Waals surface area contributed by atoms with Crippen LogP contribution in [0.15, 0.2) is 46.1 Å². The zero-order valence-electron chi connectivity index (χ0n) is 27.1. The molecule has 45 heavy (non-hydrogen) atoms. The van der Waals surface area contributed by atoms with Crippen molar-refractivity contribution in [1.82, 2.24) is 24.3 Å². The SMILES string of the molecule is CCCCCCC(CC)c1nc(C)c2c(=O)[nH]c(-c3cc(S(=O)(=O)NCCc4ccc(OC)c(OC)c4)ccc3OCC)nn12. The molecule has 0 aliphatic rings. The second kappa shape index (κ2) is 15.4. The van der Waals surface area contributed by atoms with Crippen LogP contribution in [0.3, 0.4) is 0 Å². The number of aryl methyl sites for hydroxylation is 1. The van der Waals surface area contributed by atoms with Crippen LogP contribution in [0.4, 0.5) is 0 Å². The van der Waals surface area contributed by atoms with Gasteiger partial charge >= 0.3 is 0 Å². The predicted octanol–water partition coefficient (Wildman–Crippen LogP) is 5.79. The first-order valence-electron chi connectivity index (χ1n) is 15.6. The summed E-state index contributed by atoms with van der Waals surface area (Å²) in [7, 11) is -0.794. The standard InChI is InChI=1S/C33H45N5O6S/c1-7-10-11-12-13-24(8-2)32-35-22(4)30-33(39)36-31(37-38(30)32)26-21-25(15-17-27(26)44-9-3)45(40,41)34-19-18-23-14-16-28(42-5)29(20-23)43-6/h14-17,20-21,24,34H,7-13,18-19H2,1-6H3,(H,36,37,39). The highest BCUT2D eigenvalue weighted by atomic mass is 32.2. The molecule has 2 aromatic heterocycles. The largest absolute Gasteiger partial charge is 0.493 e. The van der Waals surface area contributed by atoms with E-state index in [1.165, 1.54) is 18.6 Å². The maximum Gasteiger partial charge on any atom is 0.277 e. The lowest BCUT2D eigenvalue weighted by Crippen LogP contribution is -2.26. The Morgan fingerprint density at radius 1 is 0.978 bits per heavy atom. The monoisotopic (exact) mass is 639 g/mol. The third-order valence-corrected chi connectivity index (χ3v) is 9.39. The Morgan fingerprint density at radius 2 is 1.73 bits per heavy atom. The number of sulfonamides is 1. The summed E-state index contributed by atoms with van der Waals surface area (Å²) in [6, 6.07) is 10.0. The zero-order valence-corrected chi connectivity index (χ0v) is 27.9. The Kier molecular flexibility index (Phi) is 11.6. The smallest absolute Gasteiger partial charge is 0.277 e. The van der Waals surface area contributed by atoms with Gasteiger partial charge in [-0.2, -0.15) is 0 Å². The number of rotatable bonds is 17. The number of hydrogen-bond acceptors (Lipinski definition) is 8. The molecule has 244 valence electrons. The third-order valence-electron chi connectivity index (χ3n) is 7.93. The average Bonchev–Trinajstić information content (AvgIpc) is 3.37. The summed E-state index contributed by atoms with van der Waals surface area (Å²) in [6.07, 6.45) is 6.82. The van der Waals surface area contributed by atoms with E-state index < -0.39 is 10.0 Å². The van der Waals surface area contributed by atoms with Crippen LogP contribution in [0.25, 0.3) is 16.9 Å². The van der Waals surface area contributed by atoms with Crippen LogP contribution in [0.5, 0.6) is 17.2 Å². The summed E-state index contributed by atoms with van der Waals surface area (Å²) in [5.41, 5.74) is 1.91. The Balaban J connectivity index is 1.66. The number of H-pyrrole nitrogens is 1. The van der Waals surface area contributed by atoms with Crippen LogP contribution in [-0.2, 0) is 16.4 Å². The van der Waals surface area contributed by atoms with Gasteiger partial charge in [0.25, 0.3) is 5.56 Å². The van der Waals surface area contributed by atoms with Gasteiger partial charge in [-0.25, -0.2) is 22.6 Å².